The molecular weight excluding hydrogens is 328 g/mol. The van der Waals surface area contributed by atoms with Crippen LogP contribution in [-0.2, 0) is 9.84 Å². The minimum absolute atomic E-state index is 0.0301. The predicted molar refractivity (Wildman–Crippen MR) is 98.3 cm³/mol. The van der Waals surface area contributed by atoms with E-state index in [-0.39, 0.29) is 6.04 Å². The van der Waals surface area contributed by atoms with Crippen molar-refractivity contribution in [1.29, 1.82) is 0 Å². The zero-order valence-corrected chi connectivity index (χ0v) is 15.6. The van der Waals surface area contributed by atoms with Crippen LogP contribution in [0, 0.1) is 5.92 Å². The summed E-state index contributed by atoms with van der Waals surface area (Å²) in [6, 6.07) is 7.43. The third kappa shape index (κ3) is 5.18. The second-order valence-electron chi connectivity index (χ2n) is 6.55. The average molecular weight is 355 g/mol. The Labute approximate surface area is 145 Å². The molecule has 0 heterocycles. The number of hydrogen-bond donors (Lipinski definition) is 2. The molecule has 4 nitrogen and oxygen atoms in total. The number of nitrogens with one attached hydrogen (secondary N) is 2. The van der Waals surface area contributed by atoms with Crippen LogP contribution < -0.4 is 10.6 Å². The first-order valence-corrected chi connectivity index (χ1v) is 10.4. The maximum Gasteiger partial charge on any atom is 0.175 e. The van der Waals surface area contributed by atoms with E-state index in [9.17, 15) is 8.42 Å². The number of sulfone groups is 1. The van der Waals surface area contributed by atoms with Crippen molar-refractivity contribution in [2.24, 2.45) is 5.92 Å². The predicted octanol–water partition coefficient (Wildman–Crippen LogP) is 3.19. The van der Waals surface area contributed by atoms with Gasteiger partial charge in [0, 0.05) is 12.3 Å². The summed E-state index contributed by atoms with van der Waals surface area (Å²) in [5, 5.41) is 7.39. The zero-order chi connectivity index (χ0) is 17.0. The summed E-state index contributed by atoms with van der Waals surface area (Å²) in [6.07, 6.45) is 6.20. The lowest BCUT2D eigenvalue weighted by Gasteiger charge is -2.31. The Morgan fingerprint density at radius 3 is 2.39 bits per heavy atom. The number of thiocarbonyl (C=S) groups is 1. The molecular formula is C17H26N2O2S2. The normalized spacial score (nSPS) is 23.1. The van der Waals surface area contributed by atoms with E-state index in [0.717, 1.165) is 5.56 Å². The topological polar surface area (TPSA) is 58.2 Å². The molecule has 0 spiro atoms. The summed E-state index contributed by atoms with van der Waals surface area (Å²) in [4.78, 5) is 0.338. The number of hydrogen-bond acceptors (Lipinski definition) is 3. The standard InChI is InChI=1S/C17H26N2O2S2/c1-12-6-4-5-7-16(12)19-17(22)18-13(2)14-8-10-15(11-9-14)23(3,20)21/h8-13,16H,4-7H2,1-3H3,(H2,18,19,22)/t12-,13+,16+/m1/s1. The van der Waals surface area contributed by atoms with Crippen LogP contribution in [0.1, 0.15) is 51.1 Å². The molecule has 23 heavy (non-hydrogen) atoms. The van der Waals surface area contributed by atoms with Gasteiger partial charge in [-0.05, 0) is 55.6 Å². The Hall–Kier alpha value is -1.14. The first-order valence-electron chi connectivity index (χ1n) is 8.14. The van der Waals surface area contributed by atoms with Crippen molar-refractivity contribution in [3.8, 4) is 0 Å². The molecule has 0 aliphatic heterocycles. The van der Waals surface area contributed by atoms with Crippen molar-refractivity contribution in [2.75, 3.05) is 6.26 Å². The molecule has 1 aliphatic rings. The summed E-state index contributed by atoms with van der Waals surface area (Å²) in [6.45, 7) is 4.29. The Morgan fingerprint density at radius 1 is 1.22 bits per heavy atom. The molecule has 1 aromatic rings. The highest BCUT2D eigenvalue weighted by Gasteiger charge is 2.22. The van der Waals surface area contributed by atoms with Gasteiger partial charge in [-0.25, -0.2) is 8.42 Å². The lowest BCUT2D eigenvalue weighted by atomic mass is 9.86. The van der Waals surface area contributed by atoms with Crippen molar-refractivity contribution in [1.82, 2.24) is 10.6 Å². The van der Waals surface area contributed by atoms with Crippen LogP contribution >= 0.6 is 12.2 Å². The van der Waals surface area contributed by atoms with Gasteiger partial charge in [-0.15, -0.1) is 0 Å². The van der Waals surface area contributed by atoms with Crippen LogP contribution in [-0.4, -0.2) is 25.8 Å². The van der Waals surface area contributed by atoms with Gasteiger partial charge in [-0.2, -0.15) is 0 Å². The van der Waals surface area contributed by atoms with Crippen molar-refractivity contribution < 1.29 is 8.42 Å². The van der Waals surface area contributed by atoms with Crippen LogP contribution in [0.15, 0.2) is 29.2 Å². The highest BCUT2D eigenvalue weighted by molar-refractivity contribution is 7.90. The lowest BCUT2D eigenvalue weighted by molar-refractivity contribution is 0.307. The second kappa shape index (κ2) is 7.62. The van der Waals surface area contributed by atoms with Gasteiger partial charge < -0.3 is 10.6 Å². The molecule has 1 aliphatic carbocycles. The van der Waals surface area contributed by atoms with Crippen LogP contribution in [0.3, 0.4) is 0 Å². The van der Waals surface area contributed by atoms with Gasteiger partial charge in [0.1, 0.15) is 0 Å². The highest BCUT2D eigenvalue weighted by Crippen LogP contribution is 2.24. The Balaban J connectivity index is 1.93. The van der Waals surface area contributed by atoms with Crippen LogP contribution in [0.4, 0.5) is 0 Å². The van der Waals surface area contributed by atoms with E-state index in [1.807, 2.05) is 19.1 Å². The van der Waals surface area contributed by atoms with Gasteiger partial charge in [0.2, 0.25) is 0 Å². The monoisotopic (exact) mass is 354 g/mol. The Bertz CT molecular complexity index is 641. The summed E-state index contributed by atoms with van der Waals surface area (Å²) in [5.41, 5.74) is 1.01. The molecule has 0 aromatic heterocycles. The van der Waals surface area contributed by atoms with Gasteiger partial charge in [0.25, 0.3) is 0 Å². The number of benzene rings is 1. The fourth-order valence-corrected chi connectivity index (χ4v) is 3.98. The van der Waals surface area contributed by atoms with Crippen molar-refractivity contribution >= 4 is 27.2 Å². The largest absolute Gasteiger partial charge is 0.360 e. The van der Waals surface area contributed by atoms with E-state index in [0.29, 0.717) is 22.0 Å². The van der Waals surface area contributed by atoms with E-state index in [1.54, 1.807) is 12.1 Å². The van der Waals surface area contributed by atoms with Gasteiger partial charge in [-0.1, -0.05) is 31.9 Å². The zero-order valence-electron chi connectivity index (χ0n) is 14.0. The van der Waals surface area contributed by atoms with Crippen LogP contribution in [0.25, 0.3) is 0 Å². The molecule has 1 saturated carbocycles. The fraction of sp³-hybridized carbons (Fsp3) is 0.588. The van der Waals surface area contributed by atoms with Gasteiger partial charge in [0.15, 0.2) is 14.9 Å². The average Bonchev–Trinajstić information content (AvgIpc) is 2.49. The number of rotatable bonds is 4. The van der Waals surface area contributed by atoms with E-state index in [4.69, 9.17) is 12.2 Å². The maximum absolute atomic E-state index is 11.5. The SMILES string of the molecule is C[C@H](NC(=S)N[C@H]1CCCC[C@H]1C)c1ccc(S(C)(=O)=O)cc1. The molecule has 0 radical (unpaired) electrons. The Morgan fingerprint density at radius 2 is 1.83 bits per heavy atom. The van der Waals surface area contributed by atoms with Crippen molar-refractivity contribution in [3.05, 3.63) is 29.8 Å². The molecule has 2 rings (SSSR count). The van der Waals surface area contributed by atoms with Gasteiger partial charge >= 0.3 is 0 Å². The van der Waals surface area contributed by atoms with E-state index in [2.05, 4.69) is 17.6 Å². The molecule has 128 valence electrons. The molecule has 0 saturated heterocycles. The smallest absolute Gasteiger partial charge is 0.175 e. The van der Waals surface area contributed by atoms with E-state index >= 15 is 0 Å². The molecule has 2 N–H and O–H groups in total. The highest BCUT2D eigenvalue weighted by atomic mass is 32.2. The summed E-state index contributed by atoms with van der Waals surface area (Å²) in [5.74, 6) is 0.646. The third-order valence-corrected chi connectivity index (χ3v) is 5.95. The van der Waals surface area contributed by atoms with Gasteiger partial charge in [-0.3, -0.25) is 0 Å². The van der Waals surface area contributed by atoms with Crippen LogP contribution in [0.2, 0.25) is 0 Å². The lowest BCUT2D eigenvalue weighted by Crippen LogP contribution is -2.46. The summed E-state index contributed by atoms with van der Waals surface area (Å²) >= 11 is 5.43. The Kier molecular flexibility index (Phi) is 6.03. The summed E-state index contributed by atoms with van der Waals surface area (Å²) < 4.78 is 23.0. The quantitative estimate of drug-likeness (QED) is 0.813. The minimum atomic E-state index is -3.15. The van der Waals surface area contributed by atoms with E-state index in [1.165, 1.54) is 31.9 Å². The third-order valence-electron chi connectivity index (χ3n) is 4.58. The van der Waals surface area contributed by atoms with Gasteiger partial charge in [0.05, 0.1) is 10.9 Å². The molecule has 0 unspecified atom stereocenters. The molecule has 6 heteroatoms. The fourth-order valence-electron chi connectivity index (χ4n) is 3.02. The molecule has 0 amide bonds. The van der Waals surface area contributed by atoms with E-state index < -0.39 is 9.84 Å². The van der Waals surface area contributed by atoms with Crippen LogP contribution in [0.5, 0.6) is 0 Å². The first-order chi connectivity index (χ1) is 10.8. The second-order valence-corrected chi connectivity index (χ2v) is 8.97. The maximum atomic E-state index is 11.5. The van der Waals surface area contributed by atoms with Crippen molar-refractivity contribution in [3.63, 3.8) is 0 Å². The minimum Gasteiger partial charge on any atom is -0.360 e. The van der Waals surface area contributed by atoms with Crippen molar-refractivity contribution in [2.45, 2.75) is 56.5 Å². The molecule has 3 atom stereocenters. The molecule has 1 fully saturated rings. The first kappa shape index (κ1) is 18.2. The molecule has 1 aromatic carbocycles. The summed E-state index contributed by atoms with van der Waals surface area (Å²) in [7, 11) is -3.15. The molecule has 0 bridgehead atoms.